The number of thioether (sulfide) groups is 1. The van der Waals surface area contributed by atoms with E-state index in [0.717, 1.165) is 24.2 Å². The van der Waals surface area contributed by atoms with Crippen molar-refractivity contribution < 1.29 is 4.79 Å². The second kappa shape index (κ2) is 7.04. The minimum atomic E-state index is -0.469. The van der Waals surface area contributed by atoms with Crippen LogP contribution in [-0.4, -0.2) is 31.4 Å². The van der Waals surface area contributed by atoms with Gasteiger partial charge in [-0.3, -0.25) is 9.78 Å². The third-order valence-corrected chi connectivity index (χ3v) is 4.77. The van der Waals surface area contributed by atoms with Crippen LogP contribution in [-0.2, 0) is 4.79 Å². The van der Waals surface area contributed by atoms with Gasteiger partial charge in [0.05, 0.1) is 5.57 Å². The van der Waals surface area contributed by atoms with Crippen molar-refractivity contribution in [3.63, 3.8) is 0 Å². The Bertz CT molecular complexity index is 770. The van der Waals surface area contributed by atoms with E-state index in [1.807, 2.05) is 19.1 Å². The van der Waals surface area contributed by atoms with E-state index in [-0.39, 0.29) is 0 Å². The molecule has 0 aliphatic carbocycles. The topological polar surface area (TPSA) is 98.7 Å². The van der Waals surface area contributed by atoms with Crippen LogP contribution in [0.1, 0.15) is 38.3 Å². The highest BCUT2D eigenvalue weighted by atomic mass is 32.2. The molecule has 2 aromatic heterocycles. The van der Waals surface area contributed by atoms with E-state index >= 15 is 0 Å². The van der Waals surface area contributed by atoms with Crippen LogP contribution >= 0.6 is 11.8 Å². The first-order valence-electron chi connectivity index (χ1n) is 7.88. The van der Waals surface area contributed by atoms with Crippen molar-refractivity contribution in [2.24, 2.45) is 5.73 Å². The number of anilines is 1. The molecule has 1 amide bonds. The summed E-state index contributed by atoms with van der Waals surface area (Å²) >= 11 is 1.62. The van der Waals surface area contributed by atoms with Gasteiger partial charge in [0.2, 0.25) is 17.0 Å². The lowest BCUT2D eigenvalue weighted by Gasteiger charge is -2.27. The van der Waals surface area contributed by atoms with Crippen LogP contribution in [0.5, 0.6) is 0 Å². The maximum absolute atomic E-state index is 12.0. The molecule has 0 saturated heterocycles. The molecule has 0 fully saturated rings. The number of fused-ring (bicyclic) bond motifs is 1. The molecule has 0 saturated carbocycles. The van der Waals surface area contributed by atoms with Gasteiger partial charge in [-0.2, -0.15) is 4.98 Å². The van der Waals surface area contributed by atoms with Gasteiger partial charge in [0, 0.05) is 23.8 Å². The summed E-state index contributed by atoms with van der Waals surface area (Å²) < 4.78 is 1.73. The second-order valence-corrected chi connectivity index (χ2v) is 6.64. The maximum Gasteiger partial charge on any atom is 0.248 e. The standard InChI is InChI=1S/C16H20N6OS/c1-3-4-9-24-16-20-15-19-10(2)12(14(17)23)13(22(15)21-16)11-5-7-18-8-6-11/h5-8,13H,3-4,9H2,1-2H3,(H2,17,23)(H,19,20,21)/t13-/m0/s1. The quantitative estimate of drug-likeness (QED) is 0.616. The van der Waals surface area contributed by atoms with Crippen molar-refractivity contribution in [2.45, 2.75) is 37.9 Å². The Morgan fingerprint density at radius 2 is 2.17 bits per heavy atom. The fourth-order valence-corrected chi connectivity index (χ4v) is 3.59. The van der Waals surface area contributed by atoms with Crippen LogP contribution in [0.4, 0.5) is 5.95 Å². The number of rotatable bonds is 6. The highest BCUT2D eigenvalue weighted by molar-refractivity contribution is 7.99. The Kier molecular flexibility index (Phi) is 4.84. The molecule has 3 rings (SSSR count). The van der Waals surface area contributed by atoms with E-state index in [1.54, 1.807) is 28.8 Å². The van der Waals surface area contributed by atoms with Crippen molar-refractivity contribution in [1.82, 2.24) is 19.7 Å². The summed E-state index contributed by atoms with van der Waals surface area (Å²) in [5.74, 6) is 1.12. The van der Waals surface area contributed by atoms with Crippen molar-refractivity contribution in [3.8, 4) is 0 Å². The molecular weight excluding hydrogens is 324 g/mol. The minimum Gasteiger partial charge on any atom is -0.366 e. The molecule has 1 aliphatic rings. The van der Waals surface area contributed by atoms with E-state index in [0.29, 0.717) is 22.4 Å². The van der Waals surface area contributed by atoms with Gasteiger partial charge in [0.15, 0.2) is 0 Å². The highest BCUT2D eigenvalue weighted by Crippen LogP contribution is 2.35. The lowest BCUT2D eigenvalue weighted by molar-refractivity contribution is -0.115. The summed E-state index contributed by atoms with van der Waals surface area (Å²) in [6.45, 7) is 3.98. The summed E-state index contributed by atoms with van der Waals surface area (Å²) in [4.78, 5) is 20.6. The van der Waals surface area contributed by atoms with Crippen LogP contribution in [0, 0.1) is 0 Å². The molecule has 3 heterocycles. The van der Waals surface area contributed by atoms with Gasteiger partial charge in [-0.25, -0.2) is 4.68 Å². The van der Waals surface area contributed by atoms with E-state index in [2.05, 4.69) is 27.3 Å². The molecule has 1 aliphatic heterocycles. The first-order valence-corrected chi connectivity index (χ1v) is 8.87. The van der Waals surface area contributed by atoms with Crippen molar-refractivity contribution in [3.05, 3.63) is 41.4 Å². The maximum atomic E-state index is 12.0. The average Bonchev–Trinajstić information content (AvgIpc) is 2.96. The highest BCUT2D eigenvalue weighted by Gasteiger charge is 2.33. The number of unbranched alkanes of at least 4 members (excludes halogenated alkanes) is 1. The smallest absolute Gasteiger partial charge is 0.248 e. The predicted octanol–water partition coefficient (Wildman–Crippen LogP) is 2.34. The third-order valence-electron chi connectivity index (χ3n) is 3.85. The third kappa shape index (κ3) is 3.14. The molecule has 1 atom stereocenters. The van der Waals surface area contributed by atoms with Crippen LogP contribution in [0.2, 0.25) is 0 Å². The van der Waals surface area contributed by atoms with Gasteiger partial charge in [0.25, 0.3) is 0 Å². The van der Waals surface area contributed by atoms with E-state index in [9.17, 15) is 4.79 Å². The summed E-state index contributed by atoms with van der Waals surface area (Å²) in [5, 5.41) is 8.43. The number of hydrogen-bond donors (Lipinski definition) is 2. The molecule has 0 radical (unpaired) electrons. The zero-order valence-electron chi connectivity index (χ0n) is 13.7. The number of primary amides is 1. The Morgan fingerprint density at radius 1 is 1.42 bits per heavy atom. The van der Waals surface area contributed by atoms with E-state index < -0.39 is 11.9 Å². The van der Waals surface area contributed by atoms with Gasteiger partial charge in [-0.05, 0) is 31.0 Å². The molecule has 0 aromatic carbocycles. The number of nitrogens with zero attached hydrogens (tertiary/aromatic N) is 4. The number of carbonyl (C=O) groups excluding carboxylic acids is 1. The number of hydrogen-bond acceptors (Lipinski definition) is 6. The Morgan fingerprint density at radius 3 is 2.83 bits per heavy atom. The largest absolute Gasteiger partial charge is 0.366 e. The summed E-state index contributed by atoms with van der Waals surface area (Å²) in [5.41, 5.74) is 7.72. The number of pyridine rings is 1. The van der Waals surface area contributed by atoms with E-state index in [1.165, 1.54) is 0 Å². The van der Waals surface area contributed by atoms with Gasteiger partial charge in [-0.1, -0.05) is 25.1 Å². The molecule has 126 valence electrons. The number of amides is 1. The van der Waals surface area contributed by atoms with Gasteiger partial charge in [-0.15, -0.1) is 5.10 Å². The Hall–Kier alpha value is -2.35. The molecule has 0 spiro atoms. The molecule has 8 heteroatoms. The number of carbonyl (C=O) groups is 1. The lowest BCUT2D eigenvalue weighted by atomic mass is 9.96. The van der Waals surface area contributed by atoms with Crippen molar-refractivity contribution in [2.75, 3.05) is 11.1 Å². The van der Waals surface area contributed by atoms with Gasteiger partial charge < -0.3 is 11.1 Å². The second-order valence-electron chi connectivity index (χ2n) is 5.58. The van der Waals surface area contributed by atoms with Crippen LogP contribution < -0.4 is 11.1 Å². The zero-order chi connectivity index (χ0) is 17.1. The van der Waals surface area contributed by atoms with Gasteiger partial charge >= 0.3 is 0 Å². The number of nitrogens with one attached hydrogen (secondary N) is 1. The van der Waals surface area contributed by atoms with E-state index in [4.69, 9.17) is 5.73 Å². The fourth-order valence-electron chi connectivity index (χ4n) is 2.67. The molecule has 0 bridgehead atoms. The van der Waals surface area contributed by atoms with Crippen LogP contribution in [0.25, 0.3) is 0 Å². The summed E-state index contributed by atoms with van der Waals surface area (Å²) in [7, 11) is 0. The molecule has 3 N–H and O–H groups in total. The zero-order valence-corrected chi connectivity index (χ0v) is 14.5. The first kappa shape index (κ1) is 16.5. The number of allylic oxidation sites excluding steroid dienone is 1. The number of nitrogens with two attached hydrogens (primary N) is 1. The monoisotopic (exact) mass is 344 g/mol. The molecule has 0 unspecified atom stereocenters. The minimum absolute atomic E-state index is 0.394. The SMILES string of the molecule is CCCCSc1nc2n(n1)[C@@H](c1ccncc1)C(C(N)=O)=C(C)N2. The molecular formula is C16H20N6OS. The predicted molar refractivity (Wildman–Crippen MR) is 93.5 cm³/mol. The first-order chi connectivity index (χ1) is 11.6. The Labute approximate surface area is 144 Å². The molecule has 2 aromatic rings. The van der Waals surface area contributed by atoms with Gasteiger partial charge in [0.1, 0.15) is 6.04 Å². The molecule has 7 nitrogen and oxygen atoms in total. The number of aromatic nitrogens is 4. The summed E-state index contributed by atoms with van der Waals surface area (Å²) in [6, 6.07) is 3.33. The fraction of sp³-hybridized carbons (Fsp3) is 0.375. The lowest BCUT2D eigenvalue weighted by Crippen LogP contribution is -2.31. The summed E-state index contributed by atoms with van der Waals surface area (Å²) in [6.07, 6.45) is 5.63. The van der Waals surface area contributed by atoms with Crippen LogP contribution in [0.15, 0.2) is 41.0 Å². The average molecular weight is 344 g/mol. The van der Waals surface area contributed by atoms with Crippen molar-refractivity contribution >= 4 is 23.6 Å². The van der Waals surface area contributed by atoms with Crippen LogP contribution in [0.3, 0.4) is 0 Å². The normalized spacial score (nSPS) is 16.7. The Balaban J connectivity index is 2.02. The van der Waals surface area contributed by atoms with Crippen molar-refractivity contribution in [1.29, 1.82) is 0 Å². The molecule has 24 heavy (non-hydrogen) atoms.